The van der Waals surface area contributed by atoms with Gasteiger partial charge in [0.2, 0.25) is 0 Å². The maximum atomic E-state index is 11.1. The van der Waals surface area contributed by atoms with E-state index in [-0.39, 0.29) is 12.0 Å². The predicted molar refractivity (Wildman–Crippen MR) is 118 cm³/mol. The number of aromatic nitrogens is 3. The molecule has 2 heterocycles. The molecule has 2 aliphatic rings. The number of hydrogen-bond donors (Lipinski definition) is 2. The maximum absolute atomic E-state index is 11.1. The van der Waals surface area contributed by atoms with Gasteiger partial charge < -0.3 is 14.8 Å². The molecule has 162 valence electrons. The first-order chi connectivity index (χ1) is 14.2. The molecule has 0 bridgehead atoms. The molecule has 1 saturated carbocycles. The smallest absolute Gasteiger partial charge is 0.306 e. The summed E-state index contributed by atoms with van der Waals surface area (Å²) in [6, 6.07) is 2.30. The molecule has 2 aliphatic carbocycles. The number of carbonyl (C=O) groups is 1. The summed E-state index contributed by atoms with van der Waals surface area (Å²) in [4.78, 5) is 23.5. The third-order valence-corrected chi connectivity index (χ3v) is 6.93. The largest absolute Gasteiger partial charge is 0.481 e. The fourth-order valence-corrected chi connectivity index (χ4v) is 4.87. The Balaban J connectivity index is 1.48. The number of pyridine rings is 1. The van der Waals surface area contributed by atoms with Crippen molar-refractivity contribution >= 4 is 34.3 Å². The van der Waals surface area contributed by atoms with Crippen molar-refractivity contribution in [1.29, 1.82) is 0 Å². The minimum absolute atomic E-state index is 0.0218. The van der Waals surface area contributed by atoms with Crippen molar-refractivity contribution in [3.63, 3.8) is 0 Å². The second-order valence-electron chi connectivity index (χ2n) is 9.73. The van der Waals surface area contributed by atoms with Gasteiger partial charge in [0.1, 0.15) is 6.10 Å². The third kappa shape index (κ3) is 4.48. The van der Waals surface area contributed by atoms with E-state index in [4.69, 9.17) is 26.4 Å². The Labute approximate surface area is 182 Å². The lowest BCUT2D eigenvalue weighted by Crippen LogP contribution is -2.28. The number of ether oxygens (including phenoxy) is 1. The molecule has 0 aromatic carbocycles. The van der Waals surface area contributed by atoms with Crippen LogP contribution >= 0.6 is 11.6 Å². The lowest BCUT2D eigenvalue weighted by Gasteiger charge is -2.33. The number of carboxylic acids is 1. The topological polar surface area (TPSA) is 88.1 Å². The van der Waals surface area contributed by atoms with Crippen LogP contribution in [0.4, 0.5) is 0 Å². The van der Waals surface area contributed by atoms with E-state index in [1.54, 1.807) is 0 Å². The van der Waals surface area contributed by atoms with Crippen LogP contribution < -0.4 is 4.74 Å². The van der Waals surface area contributed by atoms with Crippen LogP contribution in [0.2, 0.25) is 5.02 Å². The van der Waals surface area contributed by atoms with Crippen molar-refractivity contribution in [2.24, 2.45) is 17.3 Å². The zero-order chi connectivity index (χ0) is 21.5. The van der Waals surface area contributed by atoms with E-state index in [1.165, 1.54) is 5.57 Å². The number of aromatic amines is 1. The zero-order valence-electron chi connectivity index (χ0n) is 17.9. The maximum Gasteiger partial charge on any atom is 0.306 e. The average Bonchev–Trinajstić information content (AvgIpc) is 3.08. The molecule has 2 N–H and O–H groups in total. The quantitative estimate of drug-likeness (QED) is 0.632. The molecule has 0 saturated heterocycles. The number of nitrogens with one attached hydrogen (secondary N) is 1. The van der Waals surface area contributed by atoms with Gasteiger partial charge in [-0.25, -0.2) is 4.98 Å². The van der Waals surface area contributed by atoms with Gasteiger partial charge >= 0.3 is 5.97 Å². The predicted octanol–water partition coefficient (Wildman–Crippen LogP) is 5.86. The van der Waals surface area contributed by atoms with Crippen molar-refractivity contribution in [2.75, 3.05) is 0 Å². The van der Waals surface area contributed by atoms with Gasteiger partial charge in [-0.1, -0.05) is 38.4 Å². The van der Waals surface area contributed by atoms with Crippen LogP contribution in [-0.2, 0) is 4.79 Å². The Morgan fingerprint density at radius 1 is 1.20 bits per heavy atom. The second kappa shape index (κ2) is 8.22. The van der Waals surface area contributed by atoms with Crippen LogP contribution in [-0.4, -0.2) is 32.1 Å². The van der Waals surface area contributed by atoms with Gasteiger partial charge in [0.25, 0.3) is 6.01 Å². The van der Waals surface area contributed by atoms with Gasteiger partial charge in [0.15, 0.2) is 5.65 Å². The minimum Gasteiger partial charge on any atom is -0.481 e. The first kappa shape index (κ1) is 21.2. The number of imidazole rings is 1. The molecule has 0 aliphatic heterocycles. The number of nitrogens with zero attached hydrogens (tertiary/aromatic N) is 2. The first-order valence-electron chi connectivity index (χ1n) is 10.9. The van der Waals surface area contributed by atoms with E-state index in [2.05, 4.69) is 36.8 Å². The van der Waals surface area contributed by atoms with Gasteiger partial charge in [-0.3, -0.25) is 4.79 Å². The summed E-state index contributed by atoms with van der Waals surface area (Å²) in [5, 5.41) is 9.76. The SMILES string of the molecule is CC(C)(C)C1CC=C(c2nc3nc(OC4CCC(C(=O)O)CC4)[nH]c3cc2Cl)CC1. The fraction of sp³-hybridized carbons (Fsp3) is 0.609. The molecule has 1 unspecified atom stereocenters. The number of fused-ring (bicyclic) bond motifs is 1. The zero-order valence-corrected chi connectivity index (χ0v) is 18.6. The summed E-state index contributed by atoms with van der Waals surface area (Å²) in [5.41, 5.74) is 3.67. The molecule has 2 aromatic heterocycles. The highest BCUT2D eigenvalue weighted by atomic mass is 35.5. The fourth-order valence-electron chi connectivity index (χ4n) is 4.60. The Kier molecular flexibility index (Phi) is 5.80. The molecule has 0 radical (unpaired) electrons. The van der Waals surface area contributed by atoms with Gasteiger partial charge in [-0.05, 0) is 67.9 Å². The van der Waals surface area contributed by atoms with E-state index in [0.29, 0.717) is 40.9 Å². The highest BCUT2D eigenvalue weighted by Crippen LogP contribution is 2.41. The first-order valence-corrected chi connectivity index (χ1v) is 11.2. The molecule has 0 amide bonds. The molecule has 0 spiro atoms. The summed E-state index contributed by atoms with van der Waals surface area (Å²) in [6.07, 6.45) is 8.13. The number of carboxylic acid groups (broad SMARTS) is 1. The van der Waals surface area contributed by atoms with Gasteiger partial charge in [-0.2, -0.15) is 4.98 Å². The van der Waals surface area contributed by atoms with E-state index < -0.39 is 5.97 Å². The monoisotopic (exact) mass is 431 g/mol. The van der Waals surface area contributed by atoms with Crippen molar-refractivity contribution in [3.05, 3.63) is 22.9 Å². The second-order valence-corrected chi connectivity index (χ2v) is 10.1. The standard InChI is InChI=1S/C23H30ClN3O3/c1-23(2,3)15-8-4-13(5-9-15)19-17(24)12-18-20(26-19)27-22(25-18)30-16-10-6-14(7-11-16)21(28)29/h4,12,14-16H,5-11H2,1-3H3,(H,28,29)(H,25,26,27). The molecule has 1 fully saturated rings. The van der Waals surface area contributed by atoms with Crippen molar-refractivity contribution in [1.82, 2.24) is 15.0 Å². The molecular weight excluding hydrogens is 402 g/mol. The number of allylic oxidation sites excluding steroid dienone is 2. The van der Waals surface area contributed by atoms with Crippen LogP contribution in [0.15, 0.2) is 12.1 Å². The minimum atomic E-state index is -0.714. The van der Waals surface area contributed by atoms with E-state index in [1.807, 2.05) is 6.07 Å². The average molecular weight is 432 g/mol. The Morgan fingerprint density at radius 3 is 2.53 bits per heavy atom. The van der Waals surface area contributed by atoms with E-state index in [0.717, 1.165) is 43.3 Å². The summed E-state index contributed by atoms with van der Waals surface area (Å²) < 4.78 is 5.99. The summed E-state index contributed by atoms with van der Waals surface area (Å²) in [6.45, 7) is 6.90. The molecule has 2 aromatic rings. The normalized spacial score (nSPS) is 25.2. The molecule has 4 rings (SSSR count). The number of H-pyrrole nitrogens is 1. The van der Waals surface area contributed by atoms with E-state index in [9.17, 15) is 4.79 Å². The number of aliphatic carboxylic acids is 1. The molecule has 7 heteroatoms. The van der Waals surface area contributed by atoms with E-state index >= 15 is 0 Å². The molecular formula is C23H30ClN3O3. The number of hydrogen-bond acceptors (Lipinski definition) is 4. The van der Waals surface area contributed by atoms with Gasteiger partial charge in [0.05, 0.1) is 22.2 Å². The van der Waals surface area contributed by atoms with Crippen molar-refractivity contribution in [2.45, 2.75) is 71.8 Å². The van der Waals surface area contributed by atoms with Crippen molar-refractivity contribution < 1.29 is 14.6 Å². The summed E-state index contributed by atoms with van der Waals surface area (Å²) in [7, 11) is 0. The van der Waals surface area contributed by atoms with Gasteiger partial charge in [-0.15, -0.1) is 0 Å². The molecule has 30 heavy (non-hydrogen) atoms. The Morgan fingerprint density at radius 2 is 1.93 bits per heavy atom. The van der Waals surface area contributed by atoms with Crippen LogP contribution in [0, 0.1) is 17.3 Å². The Bertz CT molecular complexity index is 968. The highest BCUT2D eigenvalue weighted by Gasteiger charge is 2.29. The van der Waals surface area contributed by atoms with Crippen LogP contribution in [0.1, 0.15) is 71.4 Å². The van der Waals surface area contributed by atoms with Crippen LogP contribution in [0.5, 0.6) is 6.01 Å². The van der Waals surface area contributed by atoms with Crippen LogP contribution in [0.3, 0.4) is 0 Å². The van der Waals surface area contributed by atoms with Crippen LogP contribution in [0.25, 0.3) is 16.7 Å². The summed E-state index contributed by atoms with van der Waals surface area (Å²) in [5.74, 6) is -0.301. The molecule has 1 atom stereocenters. The number of halogens is 1. The van der Waals surface area contributed by atoms with Gasteiger partial charge in [0, 0.05) is 0 Å². The lowest BCUT2D eigenvalue weighted by molar-refractivity contribution is -0.143. The Hall–Kier alpha value is -2.08. The molecule has 6 nitrogen and oxygen atoms in total. The third-order valence-electron chi connectivity index (χ3n) is 6.65. The highest BCUT2D eigenvalue weighted by molar-refractivity contribution is 6.32. The van der Waals surface area contributed by atoms with Crippen molar-refractivity contribution in [3.8, 4) is 6.01 Å². The number of rotatable bonds is 4. The summed E-state index contributed by atoms with van der Waals surface area (Å²) >= 11 is 6.56. The lowest BCUT2D eigenvalue weighted by atomic mass is 9.73.